The van der Waals surface area contributed by atoms with Gasteiger partial charge in [-0.1, -0.05) is 51.9 Å². The zero-order valence-electron chi connectivity index (χ0n) is 13.2. The SMILES string of the molecule is C[C-](C)C.[CH2-]CCCCCCCCC.[CH3-].[CH3-].[Pt+4]. The van der Waals surface area contributed by atoms with Crippen molar-refractivity contribution in [3.8, 4) is 0 Å². The van der Waals surface area contributed by atoms with Crippen LogP contribution in [0.1, 0.15) is 79.1 Å². The maximum atomic E-state index is 3.82. The van der Waals surface area contributed by atoms with Crippen molar-refractivity contribution >= 4 is 0 Å². The molecule has 0 radical (unpaired) electrons. The van der Waals surface area contributed by atoms with Crippen molar-refractivity contribution in [1.29, 1.82) is 0 Å². The van der Waals surface area contributed by atoms with Crippen molar-refractivity contribution in [3.63, 3.8) is 0 Å². The Bertz CT molecular complexity index is 68.8. The third-order valence-electron chi connectivity index (χ3n) is 1.85. The molecule has 0 N–H and O–H groups in total. The summed E-state index contributed by atoms with van der Waals surface area (Å²) in [5, 5.41) is 0. The molecule has 0 fully saturated rings. The Kier molecular flexibility index (Phi) is 54.1. The van der Waals surface area contributed by atoms with Gasteiger partial charge < -0.3 is 27.7 Å². The summed E-state index contributed by atoms with van der Waals surface area (Å²) in [7, 11) is 0. The van der Waals surface area contributed by atoms with Gasteiger partial charge in [0.1, 0.15) is 0 Å². The minimum absolute atomic E-state index is 0. The molecule has 0 aliphatic heterocycles. The molecule has 0 aliphatic rings. The summed E-state index contributed by atoms with van der Waals surface area (Å²) in [6, 6.07) is 0. The average molecular weight is 424 g/mol. The van der Waals surface area contributed by atoms with Gasteiger partial charge in [0.25, 0.3) is 0 Å². The normalized spacial score (nSPS) is 8.12. The smallest absolute Gasteiger partial charge is 0.358 e. The van der Waals surface area contributed by atoms with E-state index in [1.807, 2.05) is 0 Å². The minimum atomic E-state index is 0. The van der Waals surface area contributed by atoms with E-state index in [1.54, 1.807) is 0 Å². The third kappa shape index (κ3) is 60.9. The zero-order valence-corrected chi connectivity index (χ0v) is 15.5. The Balaban J connectivity index is -0.0000000607. The van der Waals surface area contributed by atoms with Gasteiger partial charge in [0.05, 0.1) is 0 Å². The second-order valence-electron chi connectivity index (χ2n) is 4.47. The fourth-order valence-electron chi connectivity index (χ4n) is 1.13. The van der Waals surface area contributed by atoms with Gasteiger partial charge >= 0.3 is 21.1 Å². The van der Waals surface area contributed by atoms with E-state index in [0.29, 0.717) is 0 Å². The van der Waals surface area contributed by atoms with E-state index in [9.17, 15) is 0 Å². The number of hydrogen-bond donors (Lipinski definition) is 0. The summed E-state index contributed by atoms with van der Waals surface area (Å²) >= 11 is 0. The molecule has 0 spiro atoms. The van der Waals surface area contributed by atoms with Crippen molar-refractivity contribution < 1.29 is 21.1 Å². The molecule has 0 saturated heterocycles. The molecule has 0 atom stereocenters. The van der Waals surface area contributed by atoms with Crippen molar-refractivity contribution in [2.45, 2.75) is 79.1 Å². The van der Waals surface area contributed by atoms with Crippen LogP contribution in [0.4, 0.5) is 0 Å². The summed E-state index contributed by atoms with van der Waals surface area (Å²) in [6.07, 6.45) is 10.9. The predicted molar refractivity (Wildman–Crippen MR) is 81.1 cm³/mol. The third-order valence-corrected chi connectivity index (χ3v) is 1.85. The Morgan fingerprint density at radius 1 is 0.765 bits per heavy atom. The van der Waals surface area contributed by atoms with Crippen molar-refractivity contribution in [2.75, 3.05) is 0 Å². The summed E-state index contributed by atoms with van der Waals surface area (Å²) in [6.45, 7) is 12.3. The molecule has 0 aromatic rings. The molecule has 0 unspecified atom stereocenters. The van der Waals surface area contributed by atoms with Crippen LogP contribution < -0.4 is 0 Å². The van der Waals surface area contributed by atoms with E-state index in [1.165, 1.54) is 50.9 Å². The van der Waals surface area contributed by atoms with Crippen LogP contribution in [-0.2, 0) is 21.1 Å². The average Bonchev–Trinajstić information content (AvgIpc) is 2.10. The minimum Gasteiger partial charge on any atom is -0.358 e. The van der Waals surface area contributed by atoms with E-state index in [4.69, 9.17) is 0 Å². The topological polar surface area (TPSA) is 0 Å². The molecule has 110 valence electrons. The summed E-state index contributed by atoms with van der Waals surface area (Å²) in [4.78, 5) is 0. The van der Waals surface area contributed by atoms with E-state index in [0.717, 1.165) is 6.42 Å². The van der Waals surface area contributed by atoms with Crippen LogP contribution in [0.15, 0.2) is 0 Å². The van der Waals surface area contributed by atoms with E-state index in [-0.39, 0.29) is 35.9 Å². The van der Waals surface area contributed by atoms with Crippen LogP contribution >= 0.6 is 0 Å². The maximum Gasteiger partial charge on any atom is 4.00 e. The standard InChI is InChI=1S/C10H21.C4H9.2CH3.Pt/c1-3-5-7-9-10-8-6-4-2;1-4(2)3;;;/h1,3-10H2,2H3;1-3H3;2*1H3;/q4*-1;+4. The van der Waals surface area contributed by atoms with Gasteiger partial charge in [0, 0.05) is 0 Å². The fraction of sp³-hybridized carbons (Fsp3) is 0.750. The van der Waals surface area contributed by atoms with E-state index < -0.39 is 0 Å². The van der Waals surface area contributed by atoms with Crippen molar-refractivity contribution in [1.82, 2.24) is 0 Å². The summed E-state index contributed by atoms with van der Waals surface area (Å²) in [5.74, 6) is 1.42. The van der Waals surface area contributed by atoms with Gasteiger partial charge in [-0.3, -0.25) is 0 Å². The molecule has 0 aromatic heterocycles. The molecule has 0 amide bonds. The number of unbranched alkanes of at least 4 members (excludes halogenated alkanes) is 7. The Hall–Kier alpha value is 0.688. The second-order valence-corrected chi connectivity index (χ2v) is 4.47. The molecule has 0 aromatic carbocycles. The molecule has 0 heterocycles. The van der Waals surface area contributed by atoms with Crippen LogP contribution in [0.5, 0.6) is 0 Å². The van der Waals surface area contributed by atoms with Gasteiger partial charge in [0.15, 0.2) is 0 Å². The number of rotatable bonds is 7. The van der Waals surface area contributed by atoms with Gasteiger partial charge in [-0.05, 0) is 0 Å². The molecule has 0 aliphatic carbocycles. The Morgan fingerprint density at radius 2 is 1.06 bits per heavy atom. The summed E-state index contributed by atoms with van der Waals surface area (Å²) < 4.78 is 0. The van der Waals surface area contributed by atoms with E-state index in [2.05, 4.69) is 34.6 Å². The Labute approximate surface area is 128 Å². The first-order valence-electron chi connectivity index (χ1n) is 6.21. The first-order chi connectivity index (χ1) is 6.65. The molecule has 0 rings (SSSR count). The molecular weight excluding hydrogens is 387 g/mol. The first kappa shape index (κ1) is 30.6. The molecule has 0 saturated carbocycles. The van der Waals surface area contributed by atoms with E-state index >= 15 is 0 Å². The predicted octanol–water partition coefficient (Wildman–Crippen LogP) is 6.48. The molecular formula is C16H36Pt. The van der Waals surface area contributed by atoms with Crippen LogP contribution in [0.3, 0.4) is 0 Å². The van der Waals surface area contributed by atoms with Crippen molar-refractivity contribution in [3.05, 3.63) is 27.7 Å². The van der Waals surface area contributed by atoms with Crippen LogP contribution in [0, 0.1) is 27.7 Å². The van der Waals surface area contributed by atoms with Crippen molar-refractivity contribution in [2.24, 2.45) is 0 Å². The van der Waals surface area contributed by atoms with Gasteiger partial charge in [-0.15, -0.1) is 0 Å². The largest absolute Gasteiger partial charge is 4.00 e. The Morgan fingerprint density at radius 3 is 1.35 bits per heavy atom. The second kappa shape index (κ2) is 30.1. The molecule has 0 bridgehead atoms. The molecule has 0 nitrogen and oxygen atoms in total. The first-order valence-corrected chi connectivity index (χ1v) is 6.21. The monoisotopic (exact) mass is 423 g/mol. The molecule has 1 heteroatoms. The van der Waals surface area contributed by atoms with Crippen LogP contribution in [0.2, 0.25) is 0 Å². The quantitative estimate of drug-likeness (QED) is 0.325. The number of hydrogen-bond acceptors (Lipinski definition) is 0. The zero-order chi connectivity index (χ0) is 11.2. The fourth-order valence-corrected chi connectivity index (χ4v) is 1.13. The summed E-state index contributed by atoms with van der Waals surface area (Å²) in [5.41, 5.74) is 0. The van der Waals surface area contributed by atoms with Gasteiger partial charge in [-0.25, -0.2) is 0 Å². The molecule has 17 heavy (non-hydrogen) atoms. The maximum absolute atomic E-state index is 3.82. The van der Waals surface area contributed by atoms with Crippen LogP contribution in [-0.4, -0.2) is 0 Å². The van der Waals surface area contributed by atoms with Gasteiger partial charge in [0.2, 0.25) is 0 Å². The van der Waals surface area contributed by atoms with Gasteiger partial charge in [-0.2, -0.15) is 27.2 Å². The van der Waals surface area contributed by atoms with Crippen LogP contribution in [0.25, 0.3) is 0 Å².